The summed E-state index contributed by atoms with van der Waals surface area (Å²) in [5, 5.41) is 14.6. The average molecular weight is 422 g/mol. The molecule has 162 valence electrons. The van der Waals surface area contributed by atoms with E-state index in [-0.39, 0.29) is 12.5 Å². The van der Waals surface area contributed by atoms with E-state index < -0.39 is 11.6 Å². The fourth-order valence-corrected chi connectivity index (χ4v) is 4.85. The molecule has 4 heterocycles. The Labute approximate surface area is 180 Å². The summed E-state index contributed by atoms with van der Waals surface area (Å²) < 4.78 is 7.05. The van der Waals surface area contributed by atoms with E-state index in [1.807, 2.05) is 29.7 Å². The molecule has 3 aromatic rings. The number of β-amino-alcohol motifs (C(OH)–C–C–N with tert-alkyl or cyclic N) is 1. The molecule has 0 unspecified atom stereocenters. The van der Waals surface area contributed by atoms with Gasteiger partial charge in [-0.25, -0.2) is 4.98 Å². The molecule has 1 aromatic carbocycles. The van der Waals surface area contributed by atoms with Crippen LogP contribution in [0.15, 0.2) is 36.7 Å². The summed E-state index contributed by atoms with van der Waals surface area (Å²) in [5.41, 5.74) is 4.66. The molecule has 0 aliphatic carbocycles. The molecular weight excluding hydrogens is 394 g/mol. The highest BCUT2D eigenvalue weighted by Gasteiger charge is 2.45. The number of piperidine rings is 1. The number of aliphatic hydroxyl groups is 1. The third-order valence-electron chi connectivity index (χ3n) is 6.53. The van der Waals surface area contributed by atoms with Crippen LogP contribution in [-0.4, -0.2) is 62.1 Å². The molecule has 0 radical (unpaired) electrons. The van der Waals surface area contributed by atoms with Crippen molar-refractivity contribution in [3.05, 3.63) is 64.9 Å². The van der Waals surface area contributed by atoms with E-state index >= 15 is 0 Å². The number of hydrogen-bond acceptors (Lipinski definition) is 6. The van der Waals surface area contributed by atoms with Gasteiger partial charge < -0.3 is 24.5 Å². The van der Waals surface area contributed by atoms with Crippen LogP contribution in [0.1, 0.15) is 39.4 Å². The molecule has 2 aliphatic rings. The second-order valence-corrected chi connectivity index (χ2v) is 8.59. The Hall–Kier alpha value is -2.81. The Morgan fingerprint density at radius 2 is 2.10 bits per heavy atom. The maximum absolute atomic E-state index is 13.2. The highest BCUT2D eigenvalue weighted by Crippen LogP contribution is 2.32. The number of likely N-dealkylation sites (tertiary alicyclic amines) is 1. The molecule has 1 amide bonds. The van der Waals surface area contributed by atoms with Gasteiger partial charge in [0.05, 0.1) is 23.9 Å². The number of imidazole rings is 1. The maximum atomic E-state index is 13.2. The number of methoxy groups -OCH3 is 1. The first kappa shape index (κ1) is 20.1. The van der Waals surface area contributed by atoms with Crippen LogP contribution >= 0.6 is 0 Å². The highest BCUT2D eigenvalue weighted by atomic mass is 16.5. The van der Waals surface area contributed by atoms with E-state index in [9.17, 15) is 9.90 Å². The summed E-state index contributed by atoms with van der Waals surface area (Å²) in [6.45, 7) is 3.82. The number of hydrogen-bond donors (Lipinski definition) is 2. The first-order valence-electron chi connectivity index (χ1n) is 10.6. The number of benzene rings is 1. The minimum absolute atomic E-state index is 0.171. The van der Waals surface area contributed by atoms with Crippen LogP contribution in [0.2, 0.25) is 0 Å². The van der Waals surface area contributed by atoms with E-state index in [0.29, 0.717) is 36.6 Å². The van der Waals surface area contributed by atoms with E-state index in [0.717, 1.165) is 18.7 Å². The molecule has 1 fully saturated rings. The molecule has 0 bridgehead atoms. The summed E-state index contributed by atoms with van der Waals surface area (Å²) in [7, 11) is 1.61. The molecule has 8 heteroatoms. The van der Waals surface area contributed by atoms with E-state index in [1.165, 1.54) is 11.1 Å². The Kier molecular flexibility index (Phi) is 5.00. The van der Waals surface area contributed by atoms with E-state index in [1.54, 1.807) is 18.2 Å². The van der Waals surface area contributed by atoms with Crippen LogP contribution in [0.25, 0.3) is 5.65 Å². The smallest absolute Gasteiger partial charge is 0.274 e. The Balaban J connectivity index is 1.36. The lowest BCUT2D eigenvalue weighted by Crippen LogP contribution is -2.65. The summed E-state index contributed by atoms with van der Waals surface area (Å²) in [4.78, 5) is 23.9. The number of carbonyl (C=O) groups is 1. The summed E-state index contributed by atoms with van der Waals surface area (Å²) >= 11 is 0. The SMILES string of the molecule is COCc1nc(C)cn2cc(C(=O)N3CC[C@]4(Cc5ccccc5CN4)[C@H](O)C3)nc12. The number of fused-ring (bicyclic) bond motifs is 2. The molecule has 0 saturated carbocycles. The Bertz CT molecular complexity index is 1140. The van der Waals surface area contributed by atoms with Gasteiger partial charge in [0.15, 0.2) is 5.65 Å². The molecule has 2 aromatic heterocycles. The summed E-state index contributed by atoms with van der Waals surface area (Å²) in [6.07, 6.45) is 4.39. The summed E-state index contributed by atoms with van der Waals surface area (Å²) in [6, 6.07) is 8.34. The monoisotopic (exact) mass is 421 g/mol. The predicted molar refractivity (Wildman–Crippen MR) is 115 cm³/mol. The number of nitrogens with one attached hydrogen (secondary N) is 1. The van der Waals surface area contributed by atoms with E-state index in [2.05, 4.69) is 27.4 Å². The van der Waals surface area contributed by atoms with Crippen LogP contribution in [0.5, 0.6) is 0 Å². The molecule has 2 aliphatic heterocycles. The summed E-state index contributed by atoms with van der Waals surface area (Å²) in [5.74, 6) is -0.171. The molecule has 5 rings (SSSR count). The van der Waals surface area contributed by atoms with Crippen LogP contribution in [-0.2, 0) is 24.3 Å². The maximum Gasteiger partial charge on any atom is 0.274 e. The van der Waals surface area contributed by atoms with Gasteiger partial charge in [0.2, 0.25) is 0 Å². The molecule has 31 heavy (non-hydrogen) atoms. The lowest BCUT2D eigenvalue weighted by atomic mass is 9.76. The van der Waals surface area contributed by atoms with Crippen molar-refractivity contribution in [2.24, 2.45) is 0 Å². The fourth-order valence-electron chi connectivity index (χ4n) is 4.85. The van der Waals surface area contributed by atoms with Crippen molar-refractivity contribution in [2.75, 3.05) is 20.2 Å². The molecular formula is C23H27N5O3. The quantitative estimate of drug-likeness (QED) is 0.666. The highest BCUT2D eigenvalue weighted by molar-refractivity contribution is 5.93. The number of amides is 1. The zero-order valence-corrected chi connectivity index (χ0v) is 17.8. The lowest BCUT2D eigenvalue weighted by molar-refractivity contribution is -0.0140. The zero-order chi connectivity index (χ0) is 21.6. The van der Waals surface area contributed by atoms with Gasteiger partial charge in [0, 0.05) is 39.1 Å². The van der Waals surface area contributed by atoms with Gasteiger partial charge >= 0.3 is 0 Å². The second kappa shape index (κ2) is 7.71. The molecule has 8 nitrogen and oxygen atoms in total. The fraction of sp³-hybridized carbons (Fsp3) is 0.435. The predicted octanol–water partition coefficient (Wildman–Crippen LogP) is 1.48. The van der Waals surface area contributed by atoms with Crippen molar-refractivity contribution in [1.82, 2.24) is 24.6 Å². The van der Waals surface area contributed by atoms with Gasteiger partial charge in [-0.2, -0.15) is 0 Å². The number of carbonyl (C=O) groups excluding carboxylic acids is 1. The van der Waals surface area contributed by atoms with Gasteiger partial charge in [-0.05, 0) is 30.9 Å². The van der Waals surface area contributed by atoms with Crippen molar-refractivity contribution in [3.8, 4) is 0 Å². The first-order valence-corrected chi connectivity index (χ1v) is 10.6. The lowest BCUT2D eigenvalue weighted by Gasteiger charge is -2.48. The molecule has 1 saturated heterocycles. The third-order valence-corrected chi connectivity index (χ3v) is 6.53. The molecule has 2 N–H and O–H groups in total. The van der Waals surface area contributed by atoms with E-state index in [4.69, 9.17) is 4.74 Å². The van der Waals surface area contributed by atoms with Crippen molar-refractivity contribution in [2.45, 2.75) is 44.6 Å². The topological polar surface area (TPSA) is 92.0 Å². The van der Waals surface area contributed by atoms with Gasteiger partial charge in [0.25, 0.3) is 5.91 Å². The van der Waals surface area contributed by atoms with Crippen molar-refractivity contribution in [1.29, 1.82) is 0 Å². The minimum atomic E-state index is -0.649. The minimum Gasteiger partial charge on any atom is -0.389 e. The number of nitrogens with zero attached hydrogens (tertiary/aromatic N) is 4. The Morgan fingerprint density at radius 3 is 2.87 bits per heavy atom. The number of aliphatic hydroxyl groups excluding tert-OH is 1. The van der Waals surface area contributed by atoms with Crippen molar-refractivity contribution in [3.63, 3.8) is 0 Å². The normalized spacial score (nSPS) is 23.3. The first-order chi connectivity index (χ1) is 15.0. The molecule has 2 atom stereocenters. The van der Waals surface area contributed by atoms with Crippen LogP contribution in [0.3, 0.4) is 0 Å². The largest absolute Gasteiger partial charge is 0.389 e. The van der Waals surface area contributed by atoms with Gasteiger partial charge in [0.1, 0.15) is 11.4 Å². The number of aromatic nitrogens is 3. The van der Waals surface area contributed by atoms with Gasteiger partial charge in [-0.3, -0.25) is 9.78 Å². The number of rotatable bonds is 3. The standard InChI is InChI=1S/C23H27N5O3/c1-15-11-28-12-18(26-21(28)19(25-15)14-31-2)22(30)27-8-7-23(20(29)13-27)9-16-5-3-4-6-17(16)10-24-23/h3-6,11-12,20,24,29H,7-10,13-14H2,1-2H3/t20-,23+/m1/s1. The van der Waals surface area contributed by atoms with Crippen LogP contribution < -0.4 is 5.32 Å². The second-order valence-electron chi connectivity index (χ2n) is 8.59. The van der Waals surface area contributed by atoms with Gasteiger partial charge in [-0.1, -0.05) is 24.3 Å². The van der Waals surface area contributed by atoms with Crippen LogP contribution in [0, 0.1) is 6.92 Å². The number of ether oxygens (including phenoxy) is 1. The molecule has 1 spiro atoms. The zero-order valence-electron chi connectivity index (χ0n) is 17.8. The van der Waals surface area contributed by atoms with Gasteiger partial charge in [-0.15, -0.1) is 0 Å². The van der Waals surface area contributed by atoms with Crippen LogP contribution in [0.4, 0.5) is 0 Å². The van der Waals surface area contributed by atoms with Crippen molar-refractivity contribution >= 4 is 11.6 Å². The number of aryl methyl sites for hydroxylation is 1. The average Bonchev–Trinajstić information content (AvgIpc) is 3.19. The van der Waals surface area contributed by atoms with Crippen molar-refractivity contribution < 1.29 is 14.6 Å². The Morgan fingerprint density at radius 1 is 1.29 bits per heavy atom. The third kappa shape index (κ3) is 3.50.